The monoisotopic (exact) mass is 565 g/mol. The molecule has 0 unspecified atom stereocenters. The summed E-state index contributed by atoms with van der Waals surface area (Å²) in [6.45, 7) is 1.22. The fourth-order valence-electron chi connectivity index (χ4n) is 4.80. The number of rotatable bonds is 7. The third-order valence-corrected chi connectivity index (χ3v) is 7.18. The van der Waals surface area contributed by atoms with Crippen LogP contribution >= 0.6 is 36.6 Å². The second-order valence-corrected chi connectivity index (χ2v) is 9.19. The molecular weight excluding hydrogens is 541 g/mol. The van der Waals surface area contributed by atoms with Crippen molar-refractivity contribution in [2.45, 2.75) is 13.0 Å². The van der Waals surface area contributed by atoms with Gasteiger partial charge in [0, 0.05) is 35.8 Å². The molecular formula is C25H25Cl2N3O6S. The largest absolute Gasteiger partial charge is 0.493 e. The second kappa shape index (κ2) is 10.7. The number of hydrogen-bond donors (Lipinski definition) is 1. The first kappa shape index (κ1) is 27.0. The summed E-state index contributed by atoms with van der Waals surface area (Å²) < 4.78 is 23.7. The number of ketones is 1. The molecule has 0 saturated carbocycles. The fourth-order valence-corrected chi connectivity index (χ4v) is 5.45. The lowest BCUT2D eigenvalue weighted by molar-refractivity contribution is 0.104. The maximum Gasteiger partial charge on any atom is 0.259 e. The quantitative estimate of drug-likeness (QED) is 0.331. The maximum atomic E-state index is 13.8. The highest BCUT2D eigenvalue weighted by molar-refractivity contribution is 8.02. The highest BCUT2D eigenvalue weighted by Crippen LogP contribution is 2.46. The number of carbonyl (C=O) groups is 1. The number of methoxy groups -OCH3 is 2. The second-order valence-electron chi connectivity index (χ2n) is 8.33. The topological polar surface area (TPSA) is 91.3 Å². The van der Waals surface area contributed by atoms with Gasteiger partial charge < -0.3 is 28.5 Å². The SMILES string of the molecule is COc1cc2c3c(n(CCCNN4C=CSC4)c(=O)c2cc1OC)-c1cc2c(cc1C3=O)OCO2.Cl.Cl. The summed E-state index contributed by atoms with van der Waals surface area (Å²) >= 11 is 1.71. The molecule has 1 aliphatic carbocycles. The average molecular weight is 566 g/mol. The first-order chi connectivity index (χ1) is 17.1. The Balaban J connectivity index is 0.00000160. The molecule has 9 nitrogen and oxygen atoms in total. The van der Waals surface area contributed by atoms with Gasteiger partial charge in [-0.1, -0.05) is 0 Å². The van der Waals surface area contributed by atoms with Crippen molar-refractivity contribution < 1.29 is 23.7 Å². The van der Waals surface area contributed by atoms with Gasteiger partial charge in [0.15, 0.2) is 28.8 Å². The number of ether oxygens (including phenoxy) is 4. The Morgan fingerprint density at radius 1 is 0.973 bits per heavy atom. The van der Waals surface area contributed by atoms with Gasteiger partial charge in [-0.3, -0.25) is 9.59 Å². The number of hydrogen-bond acceptors (Lipinski definition) is 9. The van der Waals surface area contributed by atoms with Crippen LogP contribution in [0.2, 0.25) is 0 Å². The molecule has 1 N–H and O–H groups in total. The molecule has 2 aliphatic heterocycles. The van der Waals surface area contributed by atoms with Crippen molar-refractivity contribution in [2.24, 2.45) is 0 Å². The molecule has 0 atom stereocenters. The molecule has 2 aromatic carbocycles. The van der Waals surface area contributed by atoms with Crippen molar-refractivity contribution in [2.75, 3.05) is 33.4 Å². The van der Waals surface area contributed by atoms with E-state index in [1.54, 1.807) is 40.6 Å². The number of fused-ring (bicyclic) bond motifs is 6. The van der Waals surface area contributed by atoms with Crippen LogP contribution in [0.3, 0.4) is 0 Å². The molecule has 0 saturated heterocycles. The Hall–Kier alpha value is -3.05. The molecule has 3 heterocycles. The van der Waals surface area contributed by atoms with Crippen LogP contribution in [-0.4, -0.2) is 48.8 Å². The summed E-state index contributed by atoms with van der Waals surface area (Å²) in [4.78, 5) is 27.5. The minimum absolute atomic E-state index is 0. The van der Waals surface area contributed by atoms with Crippen molar-refractivity contribution in [3.05, 3.63) is 57.4 Å². The normalized spacial score (nSPS) is 14.3. The zero-order chi connectivity index (χ0) is 24.1. The van der Waals surface area contributed by atoms with Gasteiger partial charge >= 0.3 is 0 Å². The molecule has 0 fully saturated rings. The molecule has 12 heteroatoms. The maximum absolute atomic E-state index is 13.8. The van der Waals surface area contributed by atoms with Crippen LogP contribution in [-0.2, 0) is 6.54 Å². The van der Waals surface area contributed by atoms with Crippen molar-refractivity contribution in [3.8, 4) is 34.3 Å². The van der Waals surface area contributed by atoms with Crippen LogP contribution in [0.5, 0.6) is 23.0 Å². The Kier molecular flexibility index (Phi) is 7.84. The van der Waals surface area contributed by atoms with Gasteiger partial charge in [-0.25, -0.2) is 5.43 Å². The first-order valence-corrected chi connectivity index (χ1v) is 12.2. The standard InChI is InChI=1S/C25H23N3O6S.2ClH/c1-31-18-8-14-17(11-19(18)32-2)25(30)28(5-3-4-26-27-6-7-35-12-27)23-15-9-20-21(34-13-33-20)10-16(15)24(29)22(14)23;;/h6-11,26H,3-5,12-13H2,1-2H3;2*1H. The predicted octanol–water partition coefficient (Wildman–Crippen LogP) is 4.17. The molecule has 6 rings (SSSR count). The number of nitrogens with one attached hydrogen (secondary N) is 1. The van der Waals surface area contributed by atoms with E-state index in [1.165, 1.54) is 14.2 Å². The Morgan fingerprint density at radius 3 is 2.30 bits per heavy atom. The number of halogens is 2. The molecule has 196 valence electrons. The van der Waals surface area contributed by atoms with E-state index < -0.39 is 0 Å². The number of aromatic nitrogens is 1. The summed E-state index contributed by atoms with van der Waals surface area (Å²) in [7, 11) is 3.05. The van der Waals surface area contributed by atoms with E-state index in [0.29, 0.717) is 75.7 Å². The van der Waals surface area contributed by atoms with Crippen LogP contribution in [0.1, 0.15) is 22.3 Å². The van der Waals surface area contributed by atoms with Gasteiger partial charge in [0.05, 0.1) is 36.7 Å². The van der Waals surface area contributed by atoms with Gasteiger partial charge in [0.25, 0.3) is 5.56 Å². The minimum atomic E-state index is -0.186. The van der Waals surface area contributed by atoms with E-state index in [2.05, 4.69) is 5.43 Å². The van der Waals surface area contributed by atoms with E-state index in [1.807, 2.05) is 16.6 Å². The molecule has 37 heavy (non-hydrogen) atoms. The summed E-state index contributed by atoms with van der Waals surface area (Å²) in [5, 5.41) is 4.99. The molecule has 3 aliphatic rings. The van der Waals surface area contributed by atoms with Gasteiger partial charge in [-0.2, -0.15) is 0 Å². The van der Waals surface area contributed by atoms with Gasteiger partial charge in [0.1, 0.15) is 0 Å². The number of nitrogens with zero attached hydrogens (tertiary/aromatic N) is 2. The van der Waals surface area contributed by atoms with E-state index >= 15 is 0 Å². The fraction of sp³-hybridized carbons (Fsp3) is 0.280. The summed E-state index contributed by atoms with van der Waals surface area (Å²) in [6.07, 6.45) is 2.68. The number of thioether (sulfide) groups is 1. The lowest BCUT2D eigenvalue weighted by atomic mass is 10.0. The van der Waals surface area contributed by atoms with Crippen molar-refractivity contribution >= 4 is 53.1 Å². The summed E-state index contributed by atoms with van der Waals surface area (Å²) in [5.41, 5.74) is 5.41. The summed E-state index contributed by atoms with van der Waals surface area (Å²) in [6, 6.07) is 6.87. The number of pyridine rings is 1. The van der Waals surface area contributed by atoms with Crippen LogP contribution in [0.4, 0.5) is 0 Å². The van der Waals surface area contributed by atoms with Gasteiger partial charge in [-0.15, -0.1) is 36.6 Å². The number of hydrazine groups is 1. The molecule has 0 radical (unpaired) electrons. The number of carbonyl (C=O) groups excluding carboxylic acids is 1. The Labute approximate surface area is 229 Å². The van der Waals surface area contributed by atoms with Crippen LogP contribution in [0.25, 0.3) is 22.0 Å². The molecule has 0 amide bonds. The molecule has 3 aromatic rings. The lowest BCUT2D eigenvalue weighted by Gasteiger charge is -2.19. The zero-order valence-electron chi connectivity index (χ0n) is 20.1. The Morgan fingerprint density at radius 2 is 1.65 bits per heavy atom. The summed E-state index contributed by atoms with van der Waals surface area (Å²) in [5.74, 6) is 2.68. The smallest absolute Gasteiger partial charge is 0.259 e. The van der Waals surface area contributed by atoms with E-state index in [9.17, 15) is 9.59 Å². The third-order valence-electron chi connectivity index (χ3n) is 6.44. The van der Waals surface area contributed by atoms with Crippen LogP contribution in [0, 0.1) is 0 Å². The minimum Gasteiger partial charge on any atom is -0.493 e. The van der Waals surface area contributed by atoms with E-state index in [4.69, 9.17) is 18.9 Å². The highest BCUT2D eigenvalue weighted by atomic mass is 35.5. The van der Waals surface area contributed by atoms with Gasteiger partial charge in [0.2, 0.25) is 6.79 Å². The van der Waals surface area contributed by atoms with E-state index in [-0.39, 0.29) is 42.9 Å². The van der Waals surface area contributed by atoms with E-state index in [0.717, 1.165) is 5.88 Å². The van der Waals surface area contributed by atoms with Crippen molar-refractivity contribution in [3.63, 3.8) is 0 Å². The van der Waals surface area contributed by atoms with Crippen molar-refractivity contribution in [1.29, 1.82) is 0 Å². The average Bonchev–Trinajstić information content (AvgIpc) is 3.62. The predicted molar refractivity (Wildman–Crippen MR) is 147 cm³/mol. The number of benzene rings is 2. The van der Waals surface area contributed by atoms with Gasteiger partial charge in [-0.05, 0) is 36.1 Å². The third kappa shape index (κ3) is 4.37. The van der Waals surface area contributed by atoms with Crippen molar-refractivity contribution in [1.82, 2.24) is 15.0 Å². The first-order valence-electron chi connectivity index (χ1n) is 11.2. The highest BCUT2D eigenvalue weighted by Gasteiger charge is 2.35. The Bertz CT molecular complexity index is 1480. The van der Waals surface area contributed by atoms with Crippen LogP contribution in [0.15, 0.2) is 40.7 Å². The molecule has 0 bridgehead atoms. The van der Waals surface area contributed by atoms with Crippen LogP contribution < -0.4 is 29.9 Å². The molecule has 1 aromatic heterocycles. The lowest BCUT2D eigenvalue weighted by Crippen LogP contribution is -2.33. The molecule has 0 spiro atoms. The zero-order valence-corrected chi connectivity index (χ0v) is 22.5.